The lowest BCUT2D eigenvalue weighted by molar-refractivity contribution is -0.132. The van der Waals surface area contributed by atoms with Gasteiger partial charge in [0, 0.05) is 29.8 Å². The SMILES string of the molecule is CC(C)N(Cc1cccc(Cl)c1)C(=O)/C=C/C(=O)O. The summed E-state index contributed by atoms with van der Waals surface area (Å²) >= 11 is 5.90. The zero-order valence-electron chi connectivity index (χ0n) is 10.8. The molecule has 102 valence electrons. The summed E-state index contributed by atoms with van der Waals surface area (Å²) in [7, 11) is 0. The fourth-order valence-electron chi connectivity index (χ4n) is 1.59. The van der Waals surface area contributed by atoms with Crippen LogP contribution in [0.25, 0.3) is 0 Å². The molecule has 0 aliphatic rings. The summed E-state index contributed by atoms with van der Waals surface area (Å²) in [6.45, 7) is 4.13. The molecule has 1 rings (SSSR count). The van der Waals surface area contributed by atoms with Gasteiger partial charge >= 0.3 is 5.97 Å². The summed E-state index contributed by atoms with van der Waals surface area (Å²) < 4.78 is 0. The molecule has 1 aromatic rings. The first kappa shape index (κ1) is 15.2. The van der Waals surface area contributed by atoms with Gasteiger partial charge in [0.25, 0.3) is 0 Å². The Kier molecular flexibility index (Phi) is 5.57. The molecule has 1 N–H and O–H groups in total. The maximum absolute atomic E-state index is 11.9. The number of carboxylic acid groups (broad SMARTS) is 1. The lowest BCUT2D eigenvalue weighted by atomic mass is 10.2. The molecule has 0 heterocycles. The molecule has 0 saturated heterocycles. The van der Waals surface area contributed by atoms with Crippen molar-refractivity contribution in [3.63, 3.8) is 0 Å². The fourth-order valence-corrected chi connectivity index (χ4v) is 1.80. The van der Waals surface area contributed by atoms with E-state index in [1.54, 1.807) is 17.0 Å². The molecular weight excluding hydrogens is 266 g/mol. The van der Waals surface area contributed by atoms with Crippen LogP contribution in [0.4, 0.5) is 0 Å². The monoisotopic (exact) mass is 281 g/mol. The summed E-state index contributed by atoms with van der Waals surface area (Å²) in [5, 5.41) is 9.14. The number of carboxylic acids is 1. The minimum atomic E-state index is -1.14. The quantitative estimate of drug-likeness (QED) is 0.844. The van der Waals surface area contributed by atoms with Gasteiger partial charge in [-0.25, -0.2) is 4.79 Å². The van der Waals surface area contributed by atoms with E-state index in [1.165, 1.54) is 0 Å². The van der Waals surface area contributed by atoms with Crippen LogP contribution in [0.3, 0.4) is 0 Å². The first-order valence-electron chi connectivity index (χ1n) is 5.86. The number of rotatable bonds is 5. The van der Waals surface area contributed by atoms with E-state index in [-0.39, 0.29) is 11.9 Å². The number of hydrogen-bond donors (Lipinski definition) is 1. The number of nitrogens with zero attached hydrogens (tertiary/aromatic N) is 1. The van der Waals surface area contributed by atoms with Crippen LogP contribution in [0.5, 0.6) is 0 Å². The molecule has 1 amide bonds. The van der Waals surface area contributed by atoms with Gasteiger partial charge in [-0.3, -0.25) is 4.79 Å². The van der Waals surface area contributed by atoms with E-state index in [1.807, 2.05) is 26.0 Å². The highest BCUT2D eigenvalue weighted by atomic mass is 35.5. The molecule has 4 nitrogen and oxygen atoms in total. The molecule has 0 bridgehead atoms. The van der Waals surface area contributed by atoms with E-state index in [2.05, 4.69) is 0 Å². The van der Waals surface area contributed by atoms with Crippen molar-refractivity contribution in [2.45, 2.75) is 26.4 Å². The molecular formula is C14H16ClNO3. The van der Waals surface area contributed by atoms with Crippen molar-refractivity contribution in [2.24, 2.45) is 0 Å². The van der Waals surface area contributed by atoms with Crippen molar-refractivity contribution in [2.75, 3.05) is 0 Å². The van der Waals surface area contributed by atoms with Crippen molar-refractivity contribution in [1.82, 2.24) is 4.90 Å². The number of carbonyl (C=O) groups is 2. The van der Waals surface area contributed by atoms with Crippen molar-refractivity contribution in [3.8, 4) is 0 Å². The number of hydrogen-bond acceptors (Lipinski definition) is 2. The zero-order valence-corrected chi connectivity index (χ0v) is 11.6. The lowest BCUT2D eigenvalue weighted by Gasteiger charge is -2.25. The fraction of sp³-hybridized carbons (Fsp3) is 0.286. The maximum Gasteiger partial charge on any atom is 0.328 e. The van der Waals surface area contributed by atoms with Crippen molar-refractivity contribution >= 4 is 23.5 Å². The molecule has 0 spiro atoms. The summed E-state index contributed by atoms with van der Waals surface area (Å²) in [5.74, 6) is -1.47. The van der Waals surface area contributed by atoms with E-state index in [9.17, 15) is 9.59 Å². The molecule has 0 unspecified atom stereocenters. The minimum Gasteiger partial charge on any atom is -0.478 e. The number of amides is 1. The van der Waals surface area contributed by atoms with E-state index in [0.29, 0.717) is 11.6 Å². The second kappa shape index (κ2) is 6.95. The van der Waals surface area contributed by atoms with Gasteiger partial charge in [-0.2, -0.15) is 0 Å². The topological polar surface area (TPSA) is 57.6 Å². The Hall–Kier alpha value is -1.81. The number of benzene rings is 1. The molecule has 0 atom stereocenters. The van der Waals surface area contributed by atoms with Crippen LogP contribution in [0.1, 0.15) is 19.4 Å². The standard InChI is InChI=1S/C14H16ClNO3/c1-10(2)16(13(17)6-7-14(18)19)9-11-4-3-5-12(15)8-11/h3-8,10H,9H2,1-2H3,(H,18,19)/b7-6+. The van der Waals surface area contributed by atoms with Gasteiger partial charge in [0.05, 0.1) is 0 Å². The number of aliphatic carboxylic acids is 1. The van der Waals surface area contributed by atoms with E-state index < -0.39 is 5.97 Å². The Morgan fingerprint density at radius 2 is 2.05 bits per heavy atom. The Bertz CT molecular complexity index is 497. The van der Waals surface area contributed by atoms with Gasteiger partial charge in [0.2, 0.25) is 5.91 Å². The highest BCUT2D eigenvalue weighted by Crippen LogP contribution is 2.14. The normalized spacial score (nSPS) is 10.9. The van der Waals surface area contributed by atoms with Crippen LogP contribution in [0.15, 0.2) is 36.4 Å². The van der Waals surface area contributed by atoms with Gasteiger partial charge in [-0.1, -0.05) is 23.7 Å². The molecule has 0 aliphatic heterocycles. The maximum atomic E-state index is 11.9. The third-order valence-electron chi connectivity index (χ3n) is 2.52. The van der Waals surface area contributed by atoms with Crippen molar-refractivity contribution in [1.29, 1.82) is 0 Å². The Balaban J connectivity index is 2.84. The van der Waals surface area contributed by atoms with E-state index >= 15 is 0 Å². The van der Waals surface area contributed by atoms with Crippen molar-refractivity contribution in [3.05, 3.63) is 47.0 Å². The number of carbonyl (C=O) groups excluding carboxylic acids is 1. The van der Waals surface area contributed by atoms with Crippen LogP contribution >= 0.6 is 11.6 Å². The Morgan fingerprint density at radius 1 is 1.37 bits per heavy atom. The van der Waals surface area contributed by atoms with Crippen LogP contribution in [-0.4, -0.2) is 27.9 Å². The Labute approximate surface area is 117 Å². The molecule has 0 saturated carbocycles. The summed E-state index contributed by atoms with van der Waals surface area (Å²) in [4.78, 5) is 23.9. The highest BCUT2D eigenvalue weighted by Gasteiger charge is 2.15. The van der Waals surface area contributed by atoms with E-state index in [0.717, 1.165) is 17.7 Å². The van der Waals surface area contributed by atoms with E-state index in [4.69, 9.17) is 16.7 Å². The molecule has 0 fully saturated rings. The summed E-state index contributed by atoms with van der Waals surface area (Å²) in [6.07, 6.45) is 1.91. The van der Waals surface area contributed by atoms with Gasteiger partial charge in [0.1, 0.15) is 0 Å². The largest absolute Gasteiger partial charge is 0.478 e. The van der Waals surface area contributed by atoms with Crippen LogP contribution in [0.2, 0.25) is 5.02 Å². The van der Waals surface area contributed by atoms with Crippen LogP contribution < -0.4 is 0 Å². The lowest BCUT2D eigenvalue weighted by Crippen LogP contribution is -2.35. The second-order valence-electron chi connectivity index (χ2n) is 4.36. The van der Waals surface area contributed by atoms with Gasteiger partial charge in [-0.15, -0.1) is 0 Å². The average molecular weight is 282 g/mol. The predicted octanol–water partition coefficient (Wildman–Crippen LogP) is 2.72. The third kappa shape index (κ3) is 5.14. The molecule has 0 radical (unpaired) electrons. The number of halogens is 1. The van der Waals surface area contributed by atoms with Crippen molar-refractivity contribution < 1.29 is 14.7 Å². The molecule has 0 aromatic heterocycles. The first-order chi connectivity index (χ1) is 8.90. The smallest absolute Gasteiger partial charge is 0.328 e. The van der Waals surface area contributed by atoms with Gasteiger partial charge in [-0.05, 0) is 31.5 Å². The van der Waals surface area contributed by atoms with Gasteiger partial charge in [0.15, 0.2) is 0 Å². The minimum absolute atomic E-state index is 0.0371. The second-order valence-corrected chi connectivity index (χ2v) is 4.80. The van der Waals surface area contributed by atoms with Gasteiger partial charge < -0.3 is 10.0 Å². The predicted molar refractivity (Wildman–Crippen MR) is 73.9 cm³/mol. The Morgan fingerprint density at radius 3 is 2.58 bits per heavy atom. The third-order valence-corrected chi connectivity index (χ3v) is 2.75. The zero-order chi connectivity index (χ0) is 14.4. The summed E-state index contributed by atoms with van der Waals surface area (Å²) in [5.41, 5.74) is 0.901. The van der Waals surface area contributed by atoms with Crippen LogP contribution in [-0.2, 0) is 16.1 Å². The molecule has 0 aliphatic carbocycles. The molecule has 5 heteroatoms. The first-order valence-corrected chi connectivity index (χ1v) is 6.24. The molecule has 19 heavy (non-hydrogen) atoms. The molecule has 1 aromatic carbocycles. The average Bonchev–Trinajstić information content (AvgIpc) is 2.32. The summed E-state index contributed by atoms with van der Waals surface area (Å²) in [6, 6.07) is 7.19. The van der Waals surface area contributed by atoms with Crippen LogP contribution in [0, 0.1) is 0 Å². The highest BCUT2D eigenvalue weighted by molar-refractivity contribution is 6.30.